The molecule has 0 aliphatic carbocycles. The van der Waals surface area contributed by atoms with Gasteiger partial charge in [-0.2, -0.15) is 0 Å². The highest BCUT2D eigenvalue weighted by atomic mass is 79.9. The summed E-state index contributed by atoms with van der Waals surface area (Å²) < 4.78 is 22.4. The lowest BCUT2D eigenvalue weighted by atomic mass is 10.1. The Morgan fingerprint density at radius 3 is 2.50 bits per heavy atom. The number of sulfonamides is 1. The smallest absolute Gasteiger partial charge is 0.209 e. The third-order valence-electron chi connectivity index (χ3n) is 1.83. The fourth-order valence-corrected chi connectivity index (χ4v) is 2.19. The van der Waals surface area contributed by atoms with Gasteiger partial charge in [0.1, 0.15) is 0 Å². The number of halogens is 1. The molecule has 1 aromatic rings. The van der Waals surface area contributed by atoms with Gasteiger partial charge in [-0.25, -0.2) is 13.6 Å². The molecule has 1 aromatic carbocycles. The maximum atomic E-state index is 10.7. The molecule has 0 fully saturated rings. The van der Waals surface area contributed by atoms with Crippen molar-refractivity contribution in [3.8, 4) is 0 Å². The van der Waals surface area contributed by atoms with Crippen LogP contribution in [-0.4, -0.2) is 14.2 Å². The summed E-state index contributed by atoms with van der Waals surface area (Å²) >= 11 is 3.40. The van der Waals surface area contributed by atoms with Gasteiger partial charge in [-0.1, -0.05) is 34.1 Å². The first-order valence-corrected chi connectivity index (χ1v) is 6.74. The summed E-state index contributed by atoms with van der Waals surface area (Å²) in [6, 6.07) is 7.75. The molecule has 0 saturated heterocycles. The molecule has 0 heterocycles. The minimum absolute atomic E-state index is 0.0360. The molecule has 0 atom stereocenters. The van der Waals surface area contributed by atoms with Crippen molar-refractivity contribution in [3.05, 3.63) is 34.3 Å². The molecule has 3 nitrogen and oxygen atoms in total. The third kappa shape index (κ3) is 4.21. The summed E-state index contributed by atoms with van der Waals surface area (Å²) in [6.45, 7) is 0. The molecule has 0 amide bonds. The van der Waals surface area contributed by atoms with E-state index in [-0.39, 0.29) is 5.75 Å². The number of primary sulfonamides is 1. The number of nitrogens with two attached hydrogens (primary N) is 1. The van der Waals surface area contributed by atoms with Gasteiger partial charge in [0, 0.05) is 4.47 Å². The van der Waals surface area contributed by atoms with E-state index in [9.17, 15) is 8.42 Å². The van der Waals surface area contributed by atoms with Gasteiger partial charge in [-0.05, 0) is 24.5 Å². The van der Waals surface area contributed by atoms with Crippen LogP contribution >= 0.6 is 15.9 Å². The monoisotopic (exact) mass is 277 g/mol. The summed E-state index contributed by atoms with van der Waals surface area (Å²) in [5, 5.41) is 4.90. The molecule has 0 aromatic heterocycles. The molecule has 78 valence electrons. The predicted molar refractivity (Wildman–Crippen MR) is 60.4 cm³/mol. The Labute approximate surface area is 92.5 Å². The highest BCUT2D eigenvalue weighted by Crippen LogP contribution is 2.17. The van der Waals surface area contributed by atoms with E-state index in [1.807, 2.05) is 24.3 Å². The molecular formula is C9H12BrNO2S. The van der Waals surface area contributed by atoms with Gasteiger partial charge < -0.3 is 0 Å². The molecule has 0 bridgehead atoms. The van der Waals surface area contributed by atoms with Crippen molar-refractivity contribution in [3.63, 3.8) is 0 Å². The molecule has 2 N–H and O–H groups in total. The number of hydrogen-bond acceptors (Lipinski definition) is 2. The van der Waals surface area contributed by atoms with Crippen molar-refractivity contribution in [1.82, 2.24) is 0 Å². The average Bonchev–Trinajstić information content (AvgIpc) is 2.06. The van der Waals surface area contributed by atoms with Gasteiger partial charge in [0.2, 0.25) is 10.0 Å². The van der Waals surface area contributed by atoms with Crippen LogP contribution in [0.2, 0.25) is 0 Å². The zero-order chi connectivity index (χ0) is 10.6. The Balaban J connectivity index is 2.51. The van der Waals surface area contributed by atoms with E-state index in [0.717, 1.165) is 16.5 Å². The molecule has 0 aliphatic heterocycles. The molecule has 14 heavy (non-hydrogen) atoms. The van der Waals surface area contributed by atoms with Crippen molar-refractivity contribution in [2.45, 2.75) is 12.8 Å². The maximum Gasteiger partial charge on any atom is 0.209 e. The number of rotatable bonds is 4. The molecule has 0 radical (unpaired) electrons. The van der Waals surface area contributed by atoms with Crippen molar-refractivity contribution >= 4 is 26.0 Å². The summed E-state index contributed by atoms with van der Waals surface area (Å²) in [6.07, 6.45) is 1.28. The van der Waals surface area contributed by atoms with Crippen LogP contribution in [0, 0.1) is 0 Å². The van der Waals surface area contributed by atoms with Crippen LogP contribution in [0.5, 0.6) is 0 Å². The highest BCUT2D eigenvalue weighted by molar-refractivity contribution is 9.10. The molecular weight excluding hydrogens is 266 g/mol. The van der Waals surface area contributed by atoms with E-state index in [0.29, 0.717) is 6.42 Å². The largest absolute Gasteiger partial charge is 0.229 e. The molecule has 5 heteroatoms. The first kappa shape index (κ1) is 11.7. The molecule has 1 rings (SSSR count). The first-order chi connectivity index (χ1) is 6.49. The SMILES string of the molecule is NS(=O)(=O)CCCc1ccccc1Br. The normalized spacial score (nSPS) is 11.6. The van der Waals surface area contributed by atoms with Crippen LogP contribution in [0.1, 0.15) is 12.0 Å². The Bertz CT molecular complexity index is 403. The second-order valence-corrected chi connectivity index (χ2v) is 5.65. The fraction of sp³-hybridized carbons (Fsp3) is 0.333. The lowest BCUT2D eigenvalue weighted by Crippen LogP contribution is -2.16. The molecule has 0 saturated carbocycles. The Morgan fingerprint density at radius 2 is 1.93 bits per heavy atom. The standard InChI is InChI=1S/C9H12BrNO2S/c10-9-6-2-1-4-8(9)5-3-7-14(11,12)13/h1-2,4,6H,3,5,7H2,(H2,11,12,13). The summed E-state index contributed by atoms with van der Waals surface area (Å²) in [5.41, 5.74) is 1.11. The second kappa shape index (κ2) is 4.91. The third-order valence-corrected chi connectivity index (χ3v) is 3.46. The van der Waals surface area contributed by atoms with E-state index in [1.54, 1.807) is 0 Å². The van der Waals surface area contributed by atoms with Crippen LogP contribution in [0.3, 0.4) is 0 Å². The lowest BCUT2D eigenvalue weighted by Gasteiger charge is -2.02. The van der Waals surface area contributed by atoms with Gasteiger partial charge in [0.05, 0.1) is 5.75 Å². The Morgan fingerprint density at radius 1 is 1.29 bits per heavy atom. The Kier molecular flexibility index (Phi) is 4.10. The summed E-state index contributed by atoms with van der Waals surface area (Å²) in [4.78, 5) is 0. The lowest BCUT2D eigenvalue weighted by molar-refractivity contribution is 0.595. The number of benzene rings is 1. The van der Waals surface area contributed by atoms with Gasteiger partial charge in [-0.15, -0.1) is 0 Å². The van der Waals surface area contributed by atoms with Crippen LogP contribution in [0.4, 0.5) is 0 Å². The van der Waals surface area contributed by atoms with E-state index >= 15 is 0 Å². The minimum atomic E-state index is -3.32. The molecule has 0 unspecified atom stereocenters. The zero-order valence-electron chi connectivity index (χ0n) is 7.61. The van der Waals surface area contributed by atoms with E-state index in [2.05, 4.69) is 15.9 Å². The highest BCUT2D eigenvalue weighted by Gasteiger charge is 2.03. The van der Waals surface area contributed by atoms with E-state index in [1.165, 1.54) is 0 Å². The van der Waals surface area contributed by atoms with Gasteiger partial charge >= 0.3 is 0 Å². The summed E-state index contributed by atoms with van der Waals surface area (Å²) in [7, 11) is -3.32. The van der Waals surface area contributed by atoms with Crippen molar-refractivity contribution in [2.75, 3.05) is 5.75 Å². The second-order valence-electron chi connectivity index (χ2n) is 3.06. The van der Waals surface area contributed by atoms with Crippen molar-refractivity contribution in [1.29, 1.82) is 0 Å². The van der Waals surface area contributed by atoms with E-state index < -0.39 is 10.0 Å². The van der Waals surface area contributed by atoms with E-state index in [4.69, 9.17) is 5.14 Å². The minimum Gasteiger partial charge on any atom is -0.229 e. The van der Waals surface area contributed by atoms with Crippen LogP contribution in [0.15, 0.2) is 28.7 Å². The first-order valence-electron chi connectivity index (χ1n) is 4.23. The quantitative estimate of drug-likeness (QED) is 0.910. The topological polar surface area (TPSA) is 60.2 Å². The zero-order valence-corrected chi connectivity index (χ0v) is 10.0. The van der Waals surface area contributed by atoms with Crippen molar-refractivity contribution in [2.24, 2.45) is 5.14 Å². The van der Waals surface area contributed by atoms with Gasteiger partial charge in [-0.3, -0.25) is 0 Å². The Hall–Kier alpha value is -0.390. The van der Waals surface area contributed by atoms with Crippen LogP contribution < -0.4 is 5.14 Å². The summed E-state index contributed by atoms with van der Waals surface area (Å²) in [5.74, 6) is 0.0360. The van der Waals surface area contributed by atoms with Gasteiger partial charge in [0.15, 0.2) is 0 Å². The van der Waals surface area contributed by atoms with Crippen LogP contribution in [0.25, 0.3) is 0 Å². The van der Waals surface area contributed by atoms with Crippen molar-refractivity contribution < 1.29 is 8.42 Å². The van der Waals surface area contributed by atoms with Crippen LogP contribution in [-0.2, 0) is 16.4 Å². The average molecular weight is 278 g/mol. The number of aryl methyl sites for hydroxylation is 1. The van der Waals surface area contributed by atoms with Gasteiger partial charge in [0.25, 0.3) is 0 Å². The fourth-order valence-electron chi connectivity index (χ4n) is 1.16. The maximum absolute atomic E-state index is 10.7. The number of hydrogen-bond donors (Lipinski definition) is 1. The molecule has 0 aliphatic rings. The predicted octanol–water partition coefficient (Wildman–Crippen LogP) is 1.67. The molecule has 0 spiro atoms.